The van der Waals surface area contributed by atoms with Crippen molar-refractivity contribution in [2.45, 2.75) is 19.4 Å². The van der Waals surface area contributed by atoms with E-state index >= 15 is 0 Å². The zero-order chi connectivity index (χ0) is 17.0. The minimum atomic E-state index is -0.758. The van der Waals surface area contributed by atoms with Gasteiger partial charge in [-0.25, -0.2) is 4.39 Å². The highest BCUT2D eigenvalue weighted by atomic mass is 35.5. The zero-order valence-electron chi connectivity index (χ0n) is 12.1. The monoisotopic (exact) mass is 375 g/mol. The van der Waals surface area contributed by atoms with Gasteiger partial charge in [-0.1, -0.05) is 41.7 Å². The number of amides is 1. The molecule has 1 N–H and O–H groups in total. The van der Waals surface area contributed by atoms with Crippen molar-refractivity contribution in [2.75, 3.05) is 5.32 Å². The highest BCUT2D eigenvalue weighted by Crippen LogP contribution is 2.32. The molecule has 3 nitrogen and oxygen atoms in total. The number of nitrogens with one attached hydrogen (secondary N) is 1. The van der Waals surface area contributed by atoms with E-state index in [1.165, 1.54) is 36.4 Å². The summed E-state index contributed by atoms with van der Waals surface area (Å²) in [5, 5.41) is 3.49. The van der Waals surface area contributed by atoms with Crippen LogP contribution in [-0.4, -0.2) is 12.0 Å². The van der Waals surface area contributed by atoms with Gasteiger partial charge in [0.2, 0.25) is 0 Å². The number of anilines is 1. The van der Waals surface area contributed by atoms with Crippen LogP contribution in [0.5, 0.6) is 5.75 Å². The number of hydrogen-bond donors (Lipinski definition) is 1. The molecule has 0 heterocycles. The van der Waals surface area contributed by atoms with Crippen molar-refractivity contribution in [1.82, 2.24) is 0 Å². The summed E-state index contributed by atoms with van der Waals surface area (Å²) in [5.74, 6) is -0.372. The minimum absolute atomic E-state index is 0.268. The maximum absolute atomic E-state index is 12.9. The minimum Gasteiger partial charge on any atom is -0.481 e. The molecule has 122 valence electrons. The quantitative estimate of drug-likeness (QED) is 0.692. The van der Waals surface area contributed by atoms with Gasteiger partial charge in [0.1, 0.15) is 11.6 Å². The first kappa shape index (κ1) is 17.9. The van der Waals surface area contributed by atoms with Crippen molar-refractivity contribution in [3.63, 3.8) is 0 Å². The van der Waals surface area contributed by atoms with E-state index in [1.807, 2.05) is 0 Å². The van der Waals surface area contributed by atoms with Gasteiger partial charge >= 0.3 is 0 Å². The fourth-order valence-corrected chi connectivity index (χ4v) is 2.43. The molecule has 0 aromatic heterocycles. The van der Waals surface area contributed by atoms with Gasteiger partial charge in [0.25, 0.3) is 5.91 Å². The van der Waals surface area contributed by atoms with Gasteiger partial charge in [0, 0.05) is 0 Å². The highest BCUT2D eigenvalue weighted by molar-refractivity contribution is 6.44. The smallest absolute Gasteiger partial charge is 0.265 e. The van der Waals surface area contributed by atoms with Gasteiger partial charge < -0.3 is 10.1 Å². The van der Waals surface area contributed by atoms with Gasteiger partial charge in [-0.3, -0.25) is 4.79 Å². The average Bonchev–Trinajstić information content (AvgIpc) is 2.52. The predicted octanol–water partition coefficient (Wildman–Crippen LogP) is 5.58. The van der Waals surface area contributed by atoms with Crippen molar-refractivity contribution in [3.05, 3.63) is 57.3 Å². The molecule has 0 spiro atoms. The molecule has 2 aromatic carbocycles. The second-order valence-electron chi connectivity index (χ2n) is 4.70. The van der Waals surface area contributed by atoms with Gasteiger partial charge in [-0.15, -0.1) is 0 Å². The number of carbonyl (C=O) groups is 1. The third-order valence-electron chi connectivity index (χ3n) is 3.02. The lowest BCUT2D eigenvalue weighted by atomic mass is 10.2. The molecule has 0 radical (unpaired) electrons. The van der Waals surface area contributed by atoms with Crippen LogP contribution in [0.25, 0.3) is 0 Å². The van der Waals surface area contributed by atoms with Crippen molar-refractivity contribution in [3.8, 4) is 5.75 Å². The van der Waals surface area contributed by atoms with Gasteiger partial charge in [-0.05, 0) is 42.8 Å². The molecule has 23 heavy (non-hydrogen) atoms. The maximum atomic E-state index is 12.9. The Kier molecular flexibility index (Phi) is 6.10. The first-order chi connectivity index (χ1) is 10.9. The molecule has 0 fully saturated rings. The molecule has 1 amide bonds. The van der Waals surface area contributed by atoms with E-state index < -0.39 is 12.0 Å². The first-order valence-electron chi connectivity index (χ1n) is 6.78. The van der Waals surface area contributed by atoms with Crippen LogP contribution in [0.1, 0.15) is 13.3 Å². The molecule has 2 aromatic rings. The van der Waals surface area contributed by atoms with Gasteiger partial charge in [0.05, 0.1) is 20.8 Å². The molecule has 2 rings (SSSR count). The Bertz CT molecular complexity index is 707. The summed E-state index contributed by atoms with van der Waals surface area (Å²) in [6.45, 7) is 1.80. The van der Waals surface area contributed by atoms with Crippen LogP contribution in [0.3, 0.4) is 0 Å². The second-order valence-corrected chi connectivity index (χ2v) is 5.93. The van der Waals surface area contributed by atoms with Crippen molar-refractivity contribution >= 4 is 46.4 Å². The Hall–Kier alpha value is -1.49. The largest absolute Gasteiger partial charge is 0.481 e. The molecule has 0 aliphatic rings. The summed E-state index contributed by atoms with van der Waals surface area (Å²) in [5.41, 5.74) is 0.340. The number of benzene rings is 2. The Morgan fingerprint density at radius 3 is 2.35 bits per heavy atom. The zero-order valence-corrected chi connectivity index (χ0v) is 14.3. The number of hydrogen-bond acceptors (Lipinski definition) is 2. The molecular formula is C16H13Cl3FNO2. The van der Waals surface area contributed by atoms with E-state index in [9.17, 15) is 9.18 Å². The number of halogens is 4. The van der Waals surface area contributed by atoms with E-state index in [2.05, 4.69) is 5.32 Å². The van der Waals surface area contributed by atoms with Crippen LogP contribution in [-0.2, 0) is 4.79 Å². The number of ether oxygens (including phenoxy) is 1. The molecule has 0 aliphatic carbocycles. The van der Waals surface area contributed by atoms with Crippen LogP contribution >= 0.6 is 34.8 Å². The van der Waals surface area contributed by atoms with E-state index in [4.69, 9.17) is 39.5 Å². The van der Waals surface area contributed by atoms with E-state index in [-0.39, 0.29) is 15.9 Å². The fraction of sp³-hybridized carbons (Fsp3) is 0.188. The first-order valence-corrected chi connectivity index (χ1v) is 7.91. The Morgan fingerprint density at radius 2 is 1.74 bits per heavy atom. The molecule has 0 unspecified atom stereocenters. The summed E-state index contributed by atoms with van der Waals surface area (Å²) < 4.78 is 18.5. The van der Waals surface area contributed by atoms with Crippen molar-refractivity contribution in [2.24, 2.45) is 0 Å². The van der Waals surface area contributed by atoms with E-state index in [1.54, 1.807) is 6.92 Å². The van der Waals surface area contributed by atoms with Crippen molar-refractivity contribution < 1.29 is 13.9 Å². The molecule has 0 saturated heterocycles. The molecule has 0 aliphatic heterocycles. The maximum Gasteiger partial charge on any atom is 0.265 e. The Labute approximate surface area is 148 Å². The standard InChI is InChI=1S/C16H13Cl3FNO2/c1-2-15(23-10-5-3-9(20)4-6-10)16(22)21-14-8-12(18)11(17)7-13(14)19/h3-8,15H,2H2,1H3,(H,21,22)/t15-/m1/s1. The molecule has 0 bridgehead atoms. The lowest BCUT2D eigenvalue weighted by molar-refractivity contribution is -0.122. The van der Waals surface area contributed by atoms with Crippen LogP contribution in [0.4, 0.5) is 10.1 Å². The van der Waals surface area contributed by atoms with Crippen LogP contribution in [0, 0.1) is 5.82 Å². The predicted molar refractivity (Wildman–Crippen MR) is 91.2 cm³/mol. The fourth-order valence-electron chi connectivity index (χ4n) is 1.83. The number of carbonyl (C=O) groups excluding carboxylic acids is 1. The Balaban J connectivity index is 2.11. The molecular weight excluding hydrogens is 364 g/mol. The van der Waals surface area contributed by atoms with E-state index in [0.29, 0.717) is 22.9 Å². The number of rotatable bonds is 5. The lowest BCUT2D eigenvalue weighted by Crippen LogP contribution is -2.32. The third kappa shape index (κ3) is 4.74. The van der Waals surface area contributed by atoms with E-state index in [0.717, 1.165) is 0 Å². The van der Waals surface area contributed by atoms with Crippen LogP contribution in [0.15, 0.2) is 36.4 Å². The summed E-state index contributed by atoms with van der Waals surface area (Å²) in [7, 11) is 0. The summed E-state index contributed by atoms with van der Waals surface area (Å²) in [6.07, 6.45) is -0.340. The third-order valence-corrected chi connectivity index (χ3v) is 4.06. The molecule has 0 saturated carbocycles. The lowest BCUT2D eigenvalue weighted by Gasteiger charge is -2.18. The average molecular weight is 377 g/mol. The summed E-state index contributed by atoms with van der Waals surface area (Å²) in [4.78, 5) is 12.3. The van der Waals surface area contributed by atoms with Gasteiger partial charge in [-0.2, -0.15) is 0 Å². The Morgan fingerprint density at radius 1 is 1.13 bits per heavy atom. The SMILES string of the molecule is CC[C@@H](Oc1ccc(F)cc1)C(=O)Nc1cc(Cl)c(Cl)cc1Cl. The van der Waals surface area contributed by atoms with Gasteiger partial charge in [0.15, 0.2) is 6.10 Å². The summed E-state index contributed by atoms with van der Waals surface area (Å²) in [6, 6.07) is 8.35. The second kappa shape index (κ2) is 7.86. The molecule has 7 heteroatoms. The highest BCUT2D eigenvalue weighted by Gasteiger charge is 2.20. The molecule has 1 atom stereocenters. The van der Waals surface area contributed by atoms with Crippen LogP contribution < -0.4 is 10.1 Å². The topological polar surface area (TPSA) is 38.3 Å². The van der Waals surface area contributed by atoms with Crippen LogP contribution in [0.2, 0.25) is 15.1 Å². The summed E-state index contributed by atoms with van der Waals surface area (Å²) >= 11 is 17.8. The normalized spacial score (nSPS) is 11.9. The van der Waals surface area contributed by atoms with Crippen molar-refractivity contribution in [1.29, 1.82) is 0 Å².